The molecule has 1 aromatic carbocycles. The Bertz CT molecular complexity index is 866. The molecule has 0 radical (unpaired) electrons. The van der Waals surface area contributed by atoms with E-state index in [1.165, 1.54) is 23.8 Å². The van der Waals surface area contributed by atoms with Gasteiger partial charge in [-0.15, -0.1) is 0 Å². The minimum Gasteiger partial charge on any atom is -0.468 e. The molecule has 0 saturated carbocycles. The van der Waals surface area contributed by atoms with Crippen molar-refractivity contribution in [3.63, 3.8) is 0 Å². The highest BCUT2D eigenvalue weighted by Gasteiger charge is 2.25. The fourth-order valence-corrected chi connectivity index (χ4v) is 3.49. The van der Waals surface area contributed by atoms with Gasteiger partial charge in [0, 0.05) is 29.8 Å². The number of nitrogens with zero attached hydrogens (tertiary/aromatic N) is 1. The largest absolute Gasteiger partial charge is 0.468 e. The smallest absolute Gasteiger partial charge is 0.245 e. The maximum Gasteiger partial charge on any atom is 0.245 e. The Kier molecular flexibility index (Phi) is 3.23. The lowest BCUT2D eigenvalue weighted by molar-refractivity contribution is 0.406. The summed E-state index contributed by atoms with van der Waals surface area (Å²) in [5.74, 6) is 0.584. The molecule has 0 amide bonds. The maximum atomic E-state index is 12.7. The topological polar surface area (TPSA) is 92.3 Å². The molecule has 0 saturated heterocycles. The van der Waals surface area contributed by atoms with Crippen LogP contribution in [0.3, 0.4) is 0 Å². The zero-order valence-corrected chi connectivity index (χ0v) is 12.2. The van der Waals surface area contributed by atoms with Gasteiger partial charge in [-0.05, 0) is 30.3 Å². The summed E-state index contributed by atoms with van der Waals surface area (Å²) in [5.41, 5.74) is 6.99. The molecule has 7 heteroatoms. The SMILES string of the molecule is CN(Cc1ccco1)S(=O)(=O)c1c[nH]c2ccc(N)cc12. The Labute approximate surface area is 122 Å². The van der Waals surface area contributed by atoms with Crippen LogP contribution in [-0.4, -0.2) is 24.8 Å². The van der Waals surface area contributed by atoms with E-state index in [4.69, 9.17) is 10.2 Å². The maximum absolute atomic E-state index is 12.7. The van der Waals surface area contributed by atoms with E-state index >= 15 is 0 Å². The Morgan fingerprint density at radius 1 is 1.33 bits per heavy atom. The van der Waals surface area contributed by atoms with E-state index in [0.717, 1.165) is 5.52 Å². The summed E-state index contributed by atoms with van der Waals surface area (Å²) in [6.07, 6.45) is 3.00. The minimum absolute atomic E-state index is 0.171. The first-order chi connectivity index (χ1) is 9.98. The molecular weight excluding hydrogens is 290 g/mol. The number of fused-ring (bicyclic) bond motifs is 1. The zero-order chi connectivity index (χ0) is 15.0. The van der Waals surface area contributed by atoms with Crippen LogP contribution in [0.1, 0.15) is 5.76 Å². The number of aromatic amines is 1. The number of H-pyrrole nitrogens is 1. The lowest BCUT2D eigenvalue weighted by Crippen LogP contribution is -2.26. The molecule has 2 aromatic heterocycles. The quantitative estimate of drug-likeness (QED) is 0.722. The number of hydrogen-bond acceptors (Lipinski definition) is 4. The summed E-state index contributed by atoms with van der Waals surface area (Å²) >= 11 is 0. The zero-order valence-electron chi connectivity index (χ0n) is 11.4. The molecule has 3 N–H and O–H groups in total. The number of nitrogens with two attached hydrogens (primary N) is 1. The van der Waals surface area contributed by atoms with Gasteiger partial charge in [-0.25, -0.2) is 8.42 Å². The molecule has 0 fully saturated rings. The predicted molar refractivity (Wildman–Crippen MR) is 80.1 cm³/mol. The molecule has 0 aliphatic heterocycles. The predicted octanol–water partition coefficient (Wildman–Crippen LogP) is 2.16. The van der Waals surface area contributed by atoms with Gasteiger partial charge in [0.25, 0.3) is 0 Å². The summed E-state index contributed by atoms with van der Waals surface area (Å²) in [7, 11) is -2.11. The van der Waals surface area contributed by atoms with Gasteiger partial charge < -0.3 is 15.1 Å². The van der Waals surface area contributed by atoms with Crippen molar-refractivity contribution in [1.29, 1.82) is 0 Å². The molecule has 0 bridgehead atoms. The van der Waals surface area contributed by atoms with E-state index in [9.17, 15) is 8.42 Å². The molecule has 0 unspecified atom stereocenters. The van der Waals surface area contributed by atoms with Crippen molar-refractivity contribution in [2.45, 2.75) is 11.4 Å². The van der Waals surface area contributed by atoms with Gasteiger partial charge in [-0.2, -0.15) is 4.31 Å². The first-order valence-electron chi connectivity index (χ1n) is 6.34. The van der Waals surface area contributed by atoms with Crippen molar-refractivity contribution in [3.8, 4) is 0 Å². The molecule has 2 heterocycles. The third-order valence-electron chi connectivity index (χ3n) is 3.31. The van der Waals surface area contributed by atoms with Gasteiger partial charge in [-0.1, -0.05) is 0 Å². The number of hydrogen-bond donors (Lipinski definition) is 2. The van der Waals surface area contributed by atoms with Gasteiger partial charge in [0.2, 0.25) is 10.0 Å². The average molecular weight is 305 g/mol. The van der Waals surface area contributed by atoms with Crippen molar-refractivity contribution in [2.24, 2.45) is 0 Å². The molecule has 0 aliphatic rings. The fourth-order valence-electron chi connectivity index (χ4n) is 2.20. The first-order valence-corrected chi connectivity index (χ1v) is 7.78. The van der Waals surface area contributed by atoms with E-state index in [1.807, 2.05) is 0 Å². The van der Waals surface area contributed by atoms with Crippen molar-refractivity contribution in [3.05, 3.63) is 48.6 Å². The van der Waals surface area contributed by atoms with Crippen LogP contribution in [0.25, 0.3) is 10.9 Å². The van der Waals surface area contributed by atoms with Crippen LogP contribution >= 0.6 is 0 Å². The second-order valence-corrected chi connectivity index (χ2v) is 6.81. The van der Waals surface area contributed by atoms with E-state index in [2.05, 4.69) is 4.98 Å². The van der Waals surface area contributed by atoms with Gasteiger partial charge in [0.1, 0.15) is 10.7 Å². The number of anilines is 1. The molecule has 3 aromatic rings. The van der Waals surface area contributed by atoms with Crippen molar-refractivity contribution in [2.75, 3.05) is 12.8 Å². The Hall–Kier alpha value is -2.25. The lowest BCUT2D eigenvalue weighted by Gasteiger charge is -2.15. The molecule has 6 nitrogen and oxygen atoms in total. The Morgan fingerprint density at radius 2 is 2.14 bits per heavy atom. The van der Waals surface area contributed by atoms with E-state index in [-0.39, 0.29) is 11.4 Å². The van der Waals surface area contributed by atoms with Crippen molar-refractivity contribution >= 4 is 26.6 Å². The van der Waals surface area contributed by atoms with Crippen molar-refractivity contribution < 1.29 is 12.8 Å². The number of aromatic nitrogens is 1. The fraction of sp³-hybridized carbons (Fsp3) is 0.143. The molecule has 21 heavy (non-hydrogen) atoms. The molecule has 0 aliphatic carbocycles. The summed E-state index contributed by atoms with van der Waals surface area (Å²) in [5, 5.41) is 0.585. The van der Waals surface area contributed by atoms with Crippen molar-refractivity contribution in [1.82, 2.24) is 9.29 Å². The molecular formula is C14H15N3O3S. The summed E-state index contributed by atoms with van der Waals surface area (Å²) in [6, 6.07) is 8.60. The van der Waals surface area contributed by atoms with Gasteiger partial charge >= 0.3 is 0 Å². The van der Waals surface area contributed by atoms with E-state index in [1.54, 1.807) is 30.3 Å². The number of sulfonamides is 1. The highest BCUT2D eigenvalue weighted by Crippen LogP contribution is 2.27. The molecule has 0 spiro atoms. The van der Waals surface area contributed by atoms with Gasteiger partial charge in [0.05, 0.1) is 12.8 Å². The summed E-state index contributed by atoms with van der Waals surface area (Å²) < 4.78 is 31.8. The van der Waals surface area contributed by atoms with Crippen LogP contribution in [0.5, 0.6) is 0 Å². The number of nitrogens with one attached hydrogen (secondary N) is 1. The highest BCUT2D eigenvalue weighted by molar-refractivity contribution is 7.89. The van der Waals surface area contributed by atoms with Crippen LogP contribution in [0.15, 0.2) is 52.1 Å². The standard InChI is InChI=1S/C14H15N3O3S/c1-17(9-11-3-2-6-20-11)21(18,19)14-8-16-13-5-4-10(15)7-12(13)14/h2-8,16H,9,15H2,1H3. The van der Waals surface area contributed by atoms with Gasteiger partial charge in [-0.3, -0.25) is 0 Å². The monoisotopic (exact) mass is 305 g/mol. The molecule has 110 valence electrons. The highest BCUT2D eigenvalue weighted by atomic mass is 32.2. The third-order valence-corrected chi connectivity index (χ3v) is 5.16. The van der Waals surface area contributed by atoms with Gasteiger partial charge in [0.15, 0.2) is 0 Å². The van der Waals surface area contributed by atoms with Crippen LogP contribution in [0.2, 0.25) is 0 Å². The van der Waals surface area contributed by atoms with Crippen LogP contribution in [0.4, 0.5) is 5.69 Å². The van der Waals surface area contributed by atoms with Crippen LogP contribution < -0.4 is 5.73 Å². The Morgan fingerprint density at radius 3 is 2.86 bits per heavy atom. The Balaban J connectivity index is 2.01. The molecule has 0 atom stereocenters. The third kappa shape index (κ3) is 2.41. The number of furan rings is 1. The average Bonchev–Trinajstić information content (AvgIpc) is 3.07. The van der Waals surface area contributed by atoms with E-state index in [0.29, 0.717) is 16.8 Å². The first kappa shape index (κ1) is 13.7. The molecule has 3 rings (SSSR count). The summed E-state index contributed by atoms with van der Waals surface area (Å²) in [4.78, 5) is 3.16. The number of benzene rings is 1. The number of nitrogen functional groups attached to an aromatic ring is 1. The van der Waals surface area contributed by atoms with Crippen LogP contribution in [0, 0.1) is 0 Å². The normalized spacial score (nSPS) is 12.3. The van der Waals surface area contributed by atoms with E-state index < -0.39 is 10.0 Å². The minimum atomic E-state index is -3.63. The lowest BCUT2D eigenvalue weighted by atomic mass is 10.2. The van der Waals surface area contributed by atoms with Crippen LogP contribution in [-0.2, 0) is 16.6 Å². The second kappa shape index (κ2) is 4.94. The number of rotatable bonds is 4. The summed E-state index contributed by atoms with van der Waals surface area (Å²) in [6.45, 7) is 0.171. The second-order valence-electron chi connectivity index (χ2n) is 4.80.